The SMILES string of the molecule is C1CCOCC1.Clc1nc(Cl)nc(Cl)n1.Clc1nc(Cl)nc(N2CCOCC2)n1. The van der Waals surface area contributed by atoms with Gasteiger partial charge >= 0.3 is 0 Å². The first-order chi connectivity index (χ1) is 13.9. The number of anilines is 1. The van der Waals surface area contributed by atoms with E-state index in [0.29, 0.717) is 19.2 Å². The van der Waals surface area contributed by atoms with Gasteiger partial charge in [-0.1, -0.05) is 0 Å². The van der Waals surface area contributed by atoms with Gasteiger partial charge < -0.3 is 14.4 Å². The molecule has 0 atom stereocenters. The molecule has 160 valence electrons. The fourth-order valence-electron chi connectivity index (χ4n) is 2.21. The Morgan fingerprint density at radius 1 is 0.517 bits per heavy atom. The average Bonchev–Trinajstić information content (AvgIpc) is 2.69. The van der Waals surface area contributed by atoms with Gasteiger partial charge in [-0.15, -0.1) is 0 Å². The molecule has 2 saturated heterocycles. The first-order valence-electron chi connectivity index (χ1n) is 8.64. The Labute approximate surface area is 193 Å². The van der Waals surface area contributed by atoms with Crippen molar-refractivity contribution in [3.05, 3.63) is 26.4 Å². The molecule has 0 aromatic carbocycles. The molecule has 4 rings (SSSR count). The van der Waals surface area contributed by atoms with Crippen LogP contribution in [0, 0.1) is 0 Å². The van der Waals surface area contributed by atoms with Gasteiger partial charge in [0.1, 0.15) is 0 Å². The van der Waals surface area contributed by atoms with Crippen LogP contribution in [0.5, 0.6) is 0 Å². The fourth-order valence-corrected chi connectivity index (χ4v) is 3.18. The third-order valence-corrected chi connectivity index (χ3v) is 4.34. The van der Waals surface area contributed by atoms with Gasteiger partial charge in [0.05, 0.1) is 13.2 Å². The summed E-state index contributed by atoms with van der Waals surface area (Å²) in [6.07, 6.45) is 3.93. The standard InChI is InChI=1S/C7H8Cl2N4O.C5H10O.C3Cl3N3/c8-5-10-6(9)12-7(11-5)13-1-3-14-4-2-13;1-2-4-6-5-3-1;4-1-7-2(5)9-3(6)8-1/h1-4H2;1-5H2;. The molecular formula is C15H18Cl5N7O2. The zero-order valence-electron chi connectivity index (χ0n) is 15.2. The van der Waals surface area contributed by atoms with E-state index in [4.69, 9.17) is 67.5 Å². The molecule has 0 saturated carbocycles. The van der Waals surface area contributed by atoms with E-state index < -0.39 is 0 Å². The van der Waals surface area contributed by atoms with E-state index in [1.54, 1.807) is 0 Å². The van der Waals surface area contributed by atoms with Gasteiger partial charge in [-0.05, 0) is 77.3 Å². The lowest BCUT2D eigenvalue weighted by molar-refractivity contribution is 0.0968. The molecule has 0 spiro atoms. The Morgan fingerprint density at radius 3 is 1.24 bits per heavy atom. The summed E-state index contributed by atoms with van der Waals surface area (Å²) in [5.41, 5.74) is 0. The minimum Gasteiger partial charge on any atom is -0.381 e. The second-order valence-corrected chi connectivity index (χ2v) is 7.28. The van der Waals surface area contributed by atoms with Crippen LogP contribution in [-0.4, -0.2) is 69.4 Å². The Hall–Kier alpha value is -0.810. The van der Waals surface area contributed by atoms with Gasteiger partial charge in [-0.2, -0.15) is 29.9 Å². The minimum absolute atomic E-state index is 0.000000000000000444. The molecule has 0 radical (unpaired) electrons. The van der Waals surface area contributed by atoms with Gasteiger partial charge in [0.15, 0.2) is 0 Å². The van der Waals surface area contributed by atoms with Crippen molar-refractivity contribution in [3.8, 4) is 0 Å². The highest BCUT2D eigenvalue weighted by molar-refractivity contribution is 6.33. The lowest BCUT2D eigenvalue weighted by Gasteiger charge is -2.26. The second kappa shape index (κ2) is 13.5. The Bertz CT molecular complexity index is 682. The predicted molar refractivity (Wildman–Crippen MR) is 112 cm³/mol. The zero-order chi connectivity index (χ0) is 21.1. The van der Waals surface area contributed by atoms with Gasteiger partial charge in [0.2, 0.25) is 32.4 Å². The lowest BCUT2D eigenvalue weighted by atomic mass is 10.2. The largest absolute Gasteiger partial charge is 0.381 e. The molecule has 0 amide bonds. The molecule has 0 N–H and O–H groups in total. The van der Waals surface area contributed by atoms with E-state index in [1.165, 1.54) is 19.3 Å². The van der Waals surface area contributed by atoms with E-state index in [-0.39, 0.29) is 26.4 Å². The van der Waals surface area contributed by atoms with Crippen LogP contribution in [-0.2, 0) is 9.47 Å². The number of ether oxygens (including phenoxy) is 2. The van der Waals surface area contributed by atoms with Crippen molar-refractivity contribution in [1.82, 2.24) is 29.9 Å². The molecule has 0 bridgehead atoms. The summed E-state index contributed by atoms with van der Waals surface area (Å²) in [5.74, 6) is 0.512. The first-order valence-corrected chi connectivity index (χ1v) is 10.5. The summed E-state index contributed by atoms with van der Waals surface area (Å²) in [7, 11) is 0. The summed E-state index contributed by atoms with van der Waals surface area (Å²) in [4.78, 5) is 24.0. The number of halogens is 5. The molecule has 0 aliphatic carbocycles. The van der Waals surface area contributed by atoms with Crippen LogP contribution in [0.1, 0.15) is 19.3 Å². The summed E-state index contributed by atoms with van der Waals surface area (Å²) in [6.45, 7) is 4.83. The molecule has 2 aliphatic rings. The van der Waals surface area contributed by atoms with Crippen LogP contribution in [0.15, 0.2) is 0 Å². The highest BCUT2D eigenvalue weighted by Crippen LogP contribution is 2.14. The van der Waals surface area contributed by atoms with Crippen molar-refractivity contribution >= 4 is 64.0 Å². The molecule has 0 unspecified atom stereocenters. The van der Waals surface area contributed by atoms with E-state index in [2.05, 4.69) is 29.9 Å². The zero-order valence-corrected chi connectivity index (χ0v) is 19.0. The molecule has 2 aromatic heterocycles. The topological polar surface area (TPSA) is 99.0 Å². The smallest absolute Gasteiger partial charge is 0.231 e. The predicted octanol–water partition coefficient (Wildman–Crippen LogP) is 4.03. The van der Waals surface area contributed by atoms with Gasteiger partial charge in [0, 0.05) is 26.3 Å². The van der Waals surface area contributed by atoms with E-state index >= 15 is 0 Å². The maximum absolute atomic E-state index is 5.66. The Balaban J connectivity index is 0.000000171. The summed E-state index contributed by atoms with van der Waals surface area (Å²) in [6, 6.07) is 0. The second-order valence-electron chi connectivity index (χ2n) is 5.59. The molecule has 2 aromatic rings. The molecule has 9 nitrogen and oxygen atoms in total. The van der Waals surface area contributed by atoms with Crippen LogP contribution in [0.2, 0.25) is 26.4 Å². The van der Waals surface area contributed by atoms with Crippen LogP contribution in [0.3, 0.4) is 0 Å². The minimum atomic E-state index is 0.000000000000000444. The summed E-state index contributed by atoms with van der Waals surface area (Å²) in [5, 5.41) is 0.234. The fraction of sp³-hybridized carbons (Fsp3) is 0.600. The monoisotopic (exact) mass is 503 g/mol. The quantitative estimate of drug-likeness (QED) is 0.569. The first kappa shape index (κ1) is 24.5. The van der Waals surface area contributed by atoms with Crippen molar-refractivity contribution in [1.29, 1.82) is 0 Å². The van der Waals surface area contributed by atoms with E-state index in [1.807, 2.05) is 4.90 Å². The normalized spacial score (nSPS) is 16.2. The third-order valence-electron chi connectivity index (χ3n) is 3.49. The highest BCUT2D eigenvalue weighted by Gasteiger charge is 2.15. The molecule has 4 heterocycles. The summed E-state index contributed by atoms with van der Waals surface area (Å²) >= 11 is 27.3. The van der Waals surface area contributed by atoms with Crippen molar-refractivity contribution in [3.63, 3.8) is 0 Å². The van der Waals surface area contributed by atoms with Crippen LogP contribution < -0.4 is 4.90 Å². The van der Waals surface area contributed by atoms with Crippen LogP contribution >= 0.6 is 58.0 Å². The number of hydrogen-bond acceptors (Lipinski definition) is 9. The lowest BCUT2D eigenvalue weighted by Crippen LogP contribution is -2.37. The van der Waals surface area contributed by atoms with Crippen LogP contribution in [0.25, 0.3) is 0 Å². The van der Waals surface area contributed by atoms with Gasteiger partial charge in [0.25, 0.3) is 0 Å². The van der Waals surface area contributed by atoms with E-state index in [0.717, 1.165) is 26.3 Å². The van der Waals surface area contributed by atoms with Crippen molar-refractivity contribution in [2.24, 2.45) is 0 Å². The maximum atomic E-state index is 5.66. The van der Waals surface area contributed by atoms with Crippen molar-refractivity contribution in [2.75, 3.05) is 44.4 Å². The third kappa shape index (κ3) is 10.2. The van der Waals surface area contributed by atoms with Crippen molar-refractivity contribution < 1.29 is 9.47 Å². The Kier molecular flexibility index (Phi) is 11.4. The highest BCUT2D eigenvalue weighted by atomic mass is 35.5. The van der Waals surface area contributed by atoms with Crippen LogP contribution in [0.4, 0.5) is 5.95 Å². The maximum Gasteiger partial charge on any atom is 0.231 e. The number of morpholine rings is 1. The number of hydrogen-bond donors (Lipinski definition) is 0. The molecule has 2 aliphatic heterocycles. The molecular weight excluding hydrogens is 487 g/mol. The Morgan fingerprint density at radius 2 is 0.897 bits per heavy atom. The average molecular weight is 506 g/mol. The van der Waals surface area contributed by atoms with E-state index in [9.17, 15) is 0 Å². The number of aromatic nitrogens is 6. The summed E-state index contributed by atoms with van der Waals surface area (Å²) < 4.78 is 10.3. The molecule has 29 heavy (non-hydrogen) atoms. The molecule has 14 heteroatoms. The number of rotatable bonds is 1. The molecule has 2 fully saturated rings. The number of nitrogens with zero attached hydrogens (tertiary/aromatic N) is 7. The van der Waals surface area contributed by atoms with Gasteiger partial charge in [-0.25, -0.2) is 0 Å². The van der Waals surface area contributed by atoms with Crippen molar-refractivity contribution in [2.45, 2.75) is 19.3 Å². The van der Waals surface area contributed by atoms with Gasteiger partial charge in [-0.3, -0.25) is 0 Å².